The molecule has 1 aromatic carbocycles. The van der Waals surface area contributed by atoms with Gasteiger partial charge >= 0.3 is 0 Å². The van der Waals surface area contributed by atoms with E-state index in [0.717, 1.165) is 37.2 Å². The number of aliphatic hydroxyl groups excluding tert-OH is 1. The largest absolute Gasteiger partial charge is 0.476 e. The Bertz CT molecular complexity index is 1190. The van der Waals surface area contributed by atoms with Crippen molar-refractivity contribution in [3.8, 4) is 17.1 Å². The molecule has 9 nitrogen and oxygen atoms in total. The Morgan fingerprint density at radius 3 is 2.47 bits per heavy atom. The zero-order valence-electron chi connectivity index (χ0n) is 20.9. The van der Waals surface area contributed by atoms with Crippen molar-refractivity contribution in [2.75, 3.05) is 39.4 Å². The predicted octanol–water partition coefficient (Wildman–Crippen LogP) is 3.03. The van der Waals surface area contributed by atoms with Crippen LogP contribution in [0.1, 0.15) is 44.6 Å². The summed E-state index contributed by atoms with van der Waals surface area (Å²) >= 11 is 0. The van der Waals surface area contributed by atoms with Gasteiger partial charge in [-0.05, 0) is 36.8 Å². The molecule has 2 aromatic heterocycles. The number of aliphatic hydroxyl groups is 1. The molecule has 1 N–H and O–H groups in total. The van der Waals surface area contributed by atoms with Crippen molar-refractivity contribution >= 4 is 22.8 Å². The van der Waals surface area contributed by atoms with Gasteiger partial charge in [0.15, 0.2) is 5.52 Å². The minimum absolute atomic E-state index is 0.0688. The zero-order chi connectivity index (χ0) is 25.5. The first-order valence-corrected chi connectivity index (χ1v) is 12.4. The second-order valence-corrected chi connectivity index (χ2v) is 9.07. The third kappa shape index (κ3) is 6.15. The van der Waals surface area contributed by atoms with Gasteiger partial charge in [0.1, 0.15) is 0 Å². The van der Waals surface area contributed by atoms with Crippen LogP contribution in [-0.4, -0.2) is 81.1 Å². The summed E-state index contributed by atoms with van der Waals surface area (Å²) in [5.74, 6) is 0.930. The fourth-order valence-corrected chi connectivity index (χ4v) is 4.62. The van der Waals surface area contributed by atoms with Gasteiger partial charge in [0, 0.05) is 58.0 Å². The van der Waals surface area contributed by atoms with E-state index < -0.39 is 0 Å². The van der Waals surface area contributed by atoms with Crippen molar-refractivity contribution in [1.29, 1.82) is 0 Å². The van der Waals surface area contributed by atoms with Gasteiger partial charge < -0.3 is 19.6 Å². The van der Waals surface area contributed by atoms with Crippen molar-refractivity contribution in [3.63, 3.8) is 0 Å². The van der Waals surface area contributed by atoms with E-state index in [0.29, 0.717) is 48.9 Å². The number of piperidine rings is 1. The molecule has 0 spiro atoms. The topological polar surface area (TPSA) is 109 Å². The van der Waals surface area contributed by atoms with Gasteiger partial charge in [-0.15, -0.1) is 0 Å². The highest BCUT2D eigenvalue weighted by atomic mass is 16.5. The maximum Gasteiger partial charge on any atom is 0.242 e. The molecule has 9 heteroatoms. The molecule has 1 fully saturated rings. The van der Waals surface area contributed by atoms with E-state index in [-0.39, 0.29) is 18.4 Å². The fourth-order valence-electron chi connectivity index (χ4n) is 4.62. The molecule has 0 aliphatic carbocycles. The van der Waals surface area contributed by atoms with Gasteiger partial charge in [-0.2, -0.15) is 0 Å². The maximum absolute atomic E-state index is 11.7. The van der Waals surface area contributed by atoms with E-state index in [1.54, 1.807) is 24.2 Å². The van der Waals surface area contributed by atoms with Crippen molar-refractivity contribution < 1.29 is 19.4 Å². The second kappa shape index (κ2) is 11.9. The van der Waals surface area contributed by atoms with E-state index in [1.165, 1.54) is 12.5 Å². The fraction of sp³-hybridized carbons (Fsp3) is 0.444. The van der Waals surface area contributed by atoms with Crippen LogP contribution in [-0.2, 0) is 9.59 Å². The van der Waals surface area contributed by atoms with Crippen LogP contribution in [0.5, 0.6) is 5.88 Å². The third-order valence-corrected chi connectivity index (χ3v) is 6.67. The molecule has 1 aliphatic heterocycles. The Kier molecular flexibility index (Phi) is 8.43. The van der Waals surface area contributed by atoms with Crippen LogP contribution < -0.4 is 4.74 Å². The molecule has 1 aliphatic rings. The number of fused-ring (bicyclic) bond motifs is 1. The minimum atomic E-state index is -0.0756. The summed E-state index contributed by atoms with van der Waals surface area (Å²) in [6.07, 6.45) is 5.80. The number of amides is 2. The maximum atomic E-state index is 11.7. The zero-order valence-corrected chi connectivity index (χ0v) is 20.9. The molecule has 4 rings (SSSR count). The number of ether oxygens (including phenoxy) is 1. The normalized spacial score (nSPS) is 14.1. The number of pyridine rings is 1. The molecule has 3 aromatic rings. The Labute approximate surface area is 211 Å². The Morgan fingerprint density at radius 1 is 1.08 bits per heavy atom. The second-order valence-electron chi connectivity index (χ2n) is 9.07. The van der Waals surface area contributed by atoms with Gasteiger partial charge in [0.05, 0.1) is 24.4 Å². The highest BCUT2D eigenvalue weighted by Crippen LogP contribution is 2.31. The lowest BCUT2D eigenvalue weighted by Crippen LogP contribution is -2.36. The highest BCUT2D eigenvalue weighted by Gasteiger charge is 2.22. The first kappa shape index (κ1) is 25.5. The summed E-state index contributed by atoms with van der Waals surface area (Å²) in [7, 11) is 0. The quantitative estimate of drug-likeness (QED) is 0.458. The molecule has 0 radical (unpaired) electrons. The van der Waals surface area contributed by atoms with Gasteiger partial charge in [-0.1, -0.05) is 24.3 Å². The highest BCUT2D eigenvalue weighted by molar-refractivity contribution is 5.83. The van der Waals surface area contributed by atoms with E-state index in [1.807, 2.05) is 11.0 Å². The molecule has 0 saturated carbocycles. The lowest BCUT2D eigenvalue weighted by Gasteiger charge is -2.31. The molecule has 3 heterocycles. The van der Waals surface area contributed by atoms with E-state index in [2.05, 4.69) is 34.2 Å². The third-order valence-electron chi connectivity index (χ3n) is 6.67. The Hall–Kier alpha value is -3.59. The number of carbonyl (C=O) groups is 2. The number of rotatable bonds is 9. The van der Waals surface area contributed by atoms with Gasteiger partial charge in [-0.3, -0.25) is 14.6 Å². The summed E-state index contributed by atoms with van der Waals surface area (Å²) in [4.78, 5) is 40.4. The first-order valence-electron chi connectivity index (χ1n) is 12.4. The number of benzene rings is 1. The molecular weight excluding hydrogens is 458 g/mol. The SMILES string of the molecule is CC(=O)N(CCO)CCCOc1nc(-c2ccc(C3CCN(C(C)=O)CC3)cc2)cc2nccnc12. The minimum Gasteiger partial charge on any atom is -0.476 e. The van der Waals surface area contributed by atoms with Crippen molar-refractivity contribution in [3.05, 3.63) is 48.3 Å². The van der Waals surface area contributed by atoms with Gasteiger partial charge in [0.25, 0.3) is 0 Å². The molecule has 0 atom stereocenters. The lowest BCUT2D eigenvalue weighted by molar-refractivity contribution is -0.130. The van der Waals surface area contributed by atoms with Crippen molar-refractivity contribution in [2.45, 2.75) is 39.0 Å². The monoisotopic (exact) mass is 491 g/mol. The van der Waals surface area contributed by atoms with Gasteiger partial charge in [-0.25, -0.2) is 9.97 Å². The molecule has 36 heavy (non-hydrogen) atoms. The number of nitrogens with zero attached hydrogens (tertiary/aromatic N) is 5. The van der Waals surface area contributed by atoms with E-state index >= 15 is 0 Å². The number of hydrogen-bond donors (Lipinski definition) is 1. The van der Waals surface area contributed by atoms with Crippen LogP contribution in [0.25, 0.3) is 22.3 Å². The van der Waals surface area contributed by atoms with E-state index in [4.69, 9.17) is 14.8 Å². The van der Waals surface area contributed by atoms with Crippen molar-refractivity contribution in [2.24, 2.45) is 0 Å². The molecule has 1 saturated heterocycles. The van der Waals surface area contributed by atoms with Crippen LogP contribution in [0.15, 0.2) is 42.7 Å². The smallest absolute Gasteiger partial charge is 0.242 e. The van der Waals surface area contributed by atoms with Crippen molar-refractivity contribution in [1.82, 2.24) is 24.8 Å². The molecule has 190 valence electrons. The predicted molar refractivity (Wildman–Crippen MR) is 136 cm³/mol. The number of hydrogen-bond acceptors (Lipinski definition) is 7. The summed E-state index contributed by atoms with van der Waals surface area (Å²) in [5, 5.41) is 9.13. The lowest BCUT2D eigenvalue weighted by atomic mass is 9.89. The first-order chi connectivity index (χ1) is 17.5. The molecule has 2 amide bonds. The molecular formula is C27H33N5O4. The number of aromatic nitrogens is 3. The molecule has 0 bridgehead atoms. The van der Waals surface area contributed by atoms with Crippen LogP contribution in [0, 0.1) is 0 Å². The number of carbonyl (C=O) groups excluding carboxylic acids is 2. The standard InChI is InChI=1S/C27H33N5O4/c1-19(34)31(15-16-33)12-3-17-36-27-26-25(28-10-11-29-26)18-24(30-27)23-6-4-21(5-7-23)22-8-13-32(14-9-22)20(2)35/h4-7,10-11,18,22,33H,3,8-9,12-17H2,1-2H3. The summed E-state index contributed by atoms with van der Waals surface area (Å²) in [6.45, 7) is 5.82. The van der Waals surface area contributed by atoms with Crippen LogP contribution in [0.3, 0.4) is 0 Å². The summed E-state index contributed by atoms with van der Waals surface area (Å²) < 4.78 is 5.99. The summed E-state index contributed by atoms with van der Waals surface area (Å²) in [6, 6.07) is 10.3. The van der Waals surface area contributed by atoms with E-state index in [9.17, 15) is 9.59 Å². The average molecular weight is 492 g/mol. The van der Waals surface area contributed by atoms with Gasteiger partial charge in [0.2, 0.25) is 17.7 Å². The Morgan fingerprint density at radius 2 is 1.81 bits per heavy atom. The number of likely N-dealkylation sites (tertiary alicyclic amines) is 1. The average Bonchev–Trinajstić information content (AvgIpc) is 2.90. The van der Waals surface area contributed by atoms with Crippen LogP contribution in [0.2, 0.25) is 0 Å². The summed E-state index contributed by atoms with van der Waals surface area (Å²) in [5.41, 5.74) is 4.28. The van der Waals surface area contributed by atoms with Crippen LogP contribution >= 0.6 is 0 Å². The van der Waals surface area contributed by atoms with Crippen LogP contribution in [0.4, 0.5) is 0 Å². The molecule has 0 unspecified atom stereocenters. The Balaban J connectivity index is 1.47.